The van der Waals surface area contributed by atoms with Crippen LogP contribution in [0.5, 0.6) is 0 Å². The van der Waals surface area contributed by atoms with Crippen LogP contribution >= 0.6 is 0 Å². The molecular formula is C13H15N3O. The van der Waals surface area contributed by atoms with Crippen LogP contribution in [0.25, 0.3) is 11.4 Å². The van der Waals surface area contributed by atoms with Gasteiger partial charge in [0.2, 0.25) is 0 Å². The molecule has 88 valence electrons. The predicted molar refractivity (Wildman–Crippen MR) is 66.0 cm³/mol. The molecule has 2 aromatic heterocycles. The summed E-state index contributed by atoms with van der Waals surface area (Å²) in [4.78, 5) is 22.5. The molecule has 4 nitrogen and oxygen atoms in total. The first-order valence-corrected chi connectivity index (χ1v) is 6.02. The van der Waals surface area contributed by atoms with E-state index in [1.165, 1.54) is 24.6 Å². The van der Waals surface area contributed by atoms with Gasteiger partial charge in [-0.2, -0.15) is 0 Å². The molecule has 0 amide bonds. The SMILES string of the molecule is CC1CCCc2[nH]c(-c3c[nH]ccc3=O)nc21. The van der Waals surface area contributed by atoms with Gasteiger partial charge in [0.05, 0.1) is 11.3 Å². The third kappa shape index (κ3) is 1.69. The van der Waals surface area contributed by atoms with Gasteiger partial charge >= 0.3 is 0 Å². The van der Waals surface area contributed by atoms with E-state index in [0.717, 1.165) is 12.1 Å². The fourth-order valence-electron chi connectivity index (χ4n) is 2.47. The quantitative estimate of drug-likeness (QED) is 0.787. The summed E-state index contributed by atoms with van der Waals surface area (Å²) in [5, 5.41) is 0. The highest BCUT2D eigenvalue weighted by molar-refractivity contribution is 5.54. The second-order valence-electron chi connectivity index (χ2n) is 4.66. The number of aromatic amines is 2. The molecular weight excluding hydrogens is 214 g/mol. The summed E-state index contributed by atoms with van der Waals surface area (Å²) in [6.07, 6.45) is 6.76. The summed E-state index contributed by atoms with van der Waals surface area (Å²) in [6, 6.07) is 1.53. The van der Waals surface area contributed by atoms with Gasteiger partial charge in [0.25, 0.3) is 0 Å². The topological polar surface area (TPSA) is 61.5 Å². The average molecular weight is 229 g/mol. The molecule has 0 aliphatic heterocycles. The normalized spacial score (nSPS) is 19.0. The van der Waals surface area contributed by atoms with Crippen LogP contribution in [-0.2, 0) is 6.42 Å². The Bertz CT molecular complexity index is 597. The molecule has 0 radical (unpaired) electrons. The van der Waals surface area contributed by atoms with Crippen molar-refractivity contribution in [2.75, 3.05) is 0 Å². The number of rotatable bonds is 1. The van der Waals surface area contributed by atoms with Gasteiger partial charge in [-0.3, -0.25) is 4.79 Å². The van der Waals surface area contributed by atoms with E-state index < -0.39 is 0 Å². The molecule has 0 spiro atoms. The Hall–Kier alpha value is -1.84. The van der Waals surface area contributed by atoms with Crippen LogP contribution in [0.4, 0.5) is 0 Å². The summed E-state index contributed by atoms with van der Waals surface area (Å²) in [5.41, 5.74) is 2.95. The summed E-state index contributed by atoms with van der Waals surface area (Å²) in [5.74, 6) is 1.19. The Morgan fingerprint density at radius 3 is 3.12 bits per heavy atom. The van der Waals surface area contributed by atoms with E-state index in [4.69, 9.17) is 0 Å². The molecule has 1 aliphatic rings. The van der Waals surface area contributed by atoms with Crippen LogP contribution in [0.2, 0.25) is 0 Å². The Labute approximate surface area is 99.1 Å². The lowest BCUT2D eigenvalue weighted by Gasteiger charge is -2.15. The number of H-pyrrole nitrogens is 2. The highest BCUT2D eigenvalue weighted by Crippen LogP contribution is 2.30. The van der Waals surface area contributed by atoms with E-state index >= 15 is 0 Å². The van der Waals surface area contributed by atoms with Crippen molar-refractivity contribution in [3.63, 3.8) is 0 Å². The van der Waals surface area contributed by atoms with E-state index in [9.17, 15) is 4.79 Å². The average Bonchev–Trinajstić information content (AvgIpc) is 2.75. The zero-order chi connectivity index (χ0) is 11.8. The monoisotopic (exact) mass is 229 g/mol. The Kier molecular flexibility index (Phi) is 2.35. The molecule has 0 aromatic carbocycles. The summed E-state index contributed by atoms with van der Waals surface area (Å²) in [6.45, 7) is 2.19. The van der Waals surface area contributed by atoms with Crippen molar-refractivity contribution in [1.82, 2.24) is 15.0 Å². The molecule has 4 heteroatoms. The van der Waals surface area contributed by atoms with Crippen molar-refractivity contribution < 1.29 is 0 Å². The van der Waals surface area contributed by atoms with Crippen molar-refractivity contribution in [3.8, 4) is 11.4 Å². The molecule has 2 N–H and O–H groups in total. The van der Waals surface area contributed by atoms with Gasteiger partial charge in [-0.25, -0.2) is 4.98 Å². The molecule has 17 heavy (non-hydrogen) atoms. The molecule has 0 fully saturated rings. The molecule has 1 atom stereocenters. The number of imidazole rings is 1. The first kappa shape index (κ1) is 10.3. The Morgan fingerprint density at radius 1 is 1.47 bits per heavy atom. The fourth-order valence-corrected chi connectivity index (χ4v) is 2.47. The number of aromatic nitrogens is 3. The van der Waals surface area contributed by atoms with Gasteiger partial charge in [0, 0.05) is 30.1 Å². The minimum atomic E-state index is 0.00231. The number of nitrogens with one attached hydrogen (secondary N) is 2. The highest BCUT2D eigenvalue weighted by Gasteiger charge is 2.21. The molecule has 0 bridgehead atoms. The van der Waals surface area contributed by atoms with Crippen molar-refractivity contribution >= 4 is 0 Å². The maximum atomic E-state index is 11.7. The van der Waals surface area contributed by atoms with Gasteiger partial charge < -0.3 is 9.97 Å². The van der Waals surface area contributed by atoms with Crippen molar-refractivity contribution in [2.24, 2.45) is 0 Å². The highest BCUT2D eigenvalue weighted by atomic mass is 16.1. The van der Waals surface area contributed by atoms with E-state index in [-0.39, 0.29) is 5.43 Å². The Morgan fingerprint density at radius 2 is 2.35 bits per heavy atom. The molecule has 2 aromatic rings. The molecule has 3 rings (SSSR count). The minimum absolute atomic E-state index is 0.00231. The van der Waals surface area contributed by atoms with Gasteiger partial charge in [-0.15, -0.1) is 0 Å². The largest absolute Gasteiger partial charge is 0.367 e. The maximum Gasteiger partial charge on any atom is 0.192 e. The summed E-state index contributed by atoms with van der Waals surface area (Å²) >= 11 is 0. The van der Waals surface area contributed by atoms with Crippen LogP contribution < -0.4 is 5.43 Å². The smallest absolute Gasteiger partial charge is 0.192 e. The lowest BCUT2D eigenvalue weighted by Crippen LogP contribution is -2.05. The third-order valence-corrected chi connectivity index (χ3v) is 3.42. The lowest BCUT2D eigenvalue weighted by atomic mass is 9.92. The van der Waals surface area contributed by atoms with E-state index in [0.29, 0.717) is 17.3 Å². The summed E-state index contributed by atoms with van der Waals surface area (Å²) < 4.78 is 0. The number of hydrogen-bond donors (Lipinski definition) is 2. The van der Waals surface area contributed by atoms with E-state index in [1.54, 1.807) is 12.4 Å². The van der Waals surface area contributed by atoms with Gasteiger partial charge in [-0.05, 0) is 19.3 Å². The number of aryl methyl sites for hydroxylation is 1. The third-order valence-electron chi connectivity index (χ3n) is 3.42. The second kappa shape index (κ2) is 3.87. The lowest BCUT2D eigenvalue weighted by molar-refractivity contribution is 0.574. The molecule has 0 saturated carbocycles. The fraction of sp³-hybridized carbons (Fsp3) is 0.385. The second-order valence-corrected chi connectivity index (χ2v) is 4.66. The van der Waals surface area contributed by atoms with Crippen molar-refractivity contribution in [1.29, 1.82) is 0 Å². The maximum absolute atomic E-state index is 11.7. The zero-order valence-corrected chi connectivity index (χ0v) is 9.79. The van der Waals surface area contributed by atoms with Crippen LogP contribution in [-0.4, -0.2) is 15.0 Å². The van der Waals surface area contributed by atoms with Gasteiger partial charge in [0.1, 0.15) is 5.82 Å². The zero-order valence-electron chi connectivity index (χ0n) is 9.79. The van der Waals surface area contributed by atoms with Crippen molar-refractivity contribution in [2.45, 2.75) is 32.1 Å². The van der Waals surface area contributed by atoms with E-state index in [2.05, 4.69) is 21.9 Å². The molecule has 2 heterocycles. The van der Waals surface area contributed by atoms with Crippen molar-refractivity contribution in [3.05, 3.63) is 40.1 Å². The van der Waals surface area contributed by atoms with Gasteiger partial charge in [-0.1, -0.05) is 6.92 Å². The van der Waals surface area contributed by atoms with E-state index in [1.807, 2.05) is 0 Å². The number of nitrogens with zero attached hydrogens (tertiary/aromatic N) is 1. The first-order valence-electron chi connectivity index (χ1n) is 6.02. The molecule has 1 unspecified atom stereocenters. The number of fused-ring (bicyclic) bond motifs is 1. The number of pyridine rings is 1. The molecule has 1 aliphatic carbocycles. The standard InChI is InChI=1S/C13H15N3O/c1-8-3-2-4-10-12(8)16-13(15-10)9-7-14-6-5-11(9)17/h5-8H,2-4H2,1H3,(H,14,17)(H,15,16). The van der Waals surface area contributed by atoms with Gasteiger partial charge in [0.15, 0.2) is 5.43 Å². The minimum Gasteiger partial charge on any atom is -0.367 e. The predicted octanol–water partition coefficient (Wildman–Crippen LogP) is 2.20. The molecule has 0 saturated heterocycles. The van der Waals surface area contributed by atoms with Crippen LogP contribution in [0.1, 0.15) is 37.1 Å². The van der Waals surface area contributed by atoms with Crippen LogP contribution in [0, 0.1) is 0 Å². The van der Waals surface area contributed by atoms with Crippen LogP contribution in [0.15, 0.2) is 23.3 Å². The van der Waals surface area contributed by atoms with Crippen LogP contribution in [0.3, 0.4) is 0 Å². The summed E-state index contributed by atoms with van der Waals surface area (Å²) in [7, 11) is 0. The Balaban J connectivity index is 2.12. The first-order chi connectivity index (χ1) is 8.25. The number of hydrogen-bond acceptors (Lipinski definition) is 2.